The maximum absolute atomic E-state index is 13.1. The maximum Gasteiger partial charge on any atom is 0.123 e. The number of nitrogens with one attached hydrogen (secondary N) is 1. The molecule has 0 saturated heterocycles. The van der Waals surface area contributed by atoms with Gasteiger partial charge >= 0.3 is 0 Å². The second-order valence-electron chi connectivity index (χ2n) is 5.44. The third kappa shape index (κ3) is 2.37. The number of hydrogen-bond acceptors (Lipinski definition) is 1. The van der Waals surface area contributed by atoms with E-state index in [4.69, 9.17) is 0 Å². The molecule has 92 valence electrons. The van der Waals surface area contributed by atoms with Crippen molar-refractivity contribution >= 4 is 0 Å². The van der Waals surface area contributed by atoms with E-state index >= 15 is 0 Å². The summed E-state index contributed by atoms with van der Waals surface area (Å²) in [6, 6.07) is 6.42. The molecule has 0 bridgehead atoms. The summed E-state index contributed by atoms with van der Waals surface area (Å²) in [6.45, 7) is 0. The number of benzene rings is 1. The minimum atomic E-state index is -0.0953. The summed E-state index contributed by atoms with van der Waals surface area (Å²) < 4.78 is 13.1. The molecule has 1 fully saturated rings. The Hall–Kier alpha value is -0.890. The summed E-state index contributed by atoms with van der Waals surface area (Å²) in [4.78, 5) is 0. The number of rotatable bonds is 2. The van der Waals surface area contributed by atoms with Gasteiger partial charge in [-0.2, -0.15) is 0 Å². The summed E-state index contributed by atoms with van der Waals surface area (Å²) >= 11 is 0. The Balaban J connectivity index is 1.70. The fraction of sp³-hybridized carbons (Fsp3) is 0.600. The van der Waals surface area contributed by atoms with Gasteiger partial charge in [-0.25, -0.2) is 4.39 Å². The van der Waals surface area contributed by atoms with Crippen molar-refractivity contribution in [1.82, 2.24) is 5.32 Å². The normalized spacial score (nSPS) is 24.9. The molecule has 1 saturated carbocycles. The predicted octanol–water partition coefficient (Wildman–Crippen LogP) is 3.74. The highest BCUT2D eigenvalue weighted by atomic mass is 19.1. The first kappa shape index (κ1) is 11.2. The van der Waals surface area contributed by atoms with E-state index in [2.05, 4.69) is 5.32 Å². The minimum absolute atomic E-state index is 0.0953. The van der Waals surface area contributed by atoms with E-state index in [1.54, 1.807) is 12.1 Å². The second kappa shape index (κ2) is 4.77. The van der Waals surface area contributed by atoms with Gasteiger partial charge in [0.25, 0.3) is 0 Å². The van der Waals surface area contributed by atoms with Crippen molar-refractivity contribution in [1.29, 1.82) is 0 Å². The van der Waals surface area contributed by atoms with Crippen LogP contribution in [0.5, 0.6) is 0 Å². The Bertz CT molecular complexity index is 396. The second-order valence-corrected chi connectivity index (χ2v) is 5.44. The SMILES string of the molecule is Fc1ccc2c(c1)CCC2NC1CCCCC1. The third-order valence-corrected chi connectivity index (χ3v) is 4.22. The molecule has 1 nitrogen and oxygen atoms in total. The van der Waals surface area contributed by atoms with E-state index in [-0.39, 0.29) is 5.82 Å². The lowest BCUT2D eigenvalue weighted by Gasteiger charge is -2.27. The zero-order valence-electron chi connectivity index (χ0n) is 10.2. The summed E-state index contributed by atoms with van der Waals surface area (Å²) in [5.41, 5.74) is 2.54. The molecule has 3 rings (SSSR count). The molecule has 0 amide bonds. The summed E-state index contributed by atoms with van der Waals surface area (Å²) in [6.07, 6.45) is 8.90. The van der Waals surface area contributed by atoms with Crippen LogP contribution in [0.3, 0.4) is 0 Å². The maximum atomic E-state index is 13.1. The van der Waals surface area contributed by atoms with Crippen molar-refractivity contribution in [2.24, 2.45) is 0 Å². The Morgan fingerprint density at radius 1 is 1.06 bits per heavy atom. The number of fused-ring (bicyclic) bond motifs is 1. The van der Waals surface area contributed by atoms with E-state index in [9.17, 15) is 4.39 Å². The van der Waals surface area contributed by atoms with Crippen molar-refractivity contribution in [2.45, 2.75) is 57.0 Å². The molecule has 0 heterocycles. The smallest absolute Gasteiger partial charge is 0.123 e. The van der Waals surface area contributed by atoms with Crippen LogP contribution in [0.1, 0.15) is 55.7 Å². The van der Waals surface area contributed by atoms with E-state index in [1.165, 1.54) is 43.2 Å². The molecular weight excluding hydrogens is 213 g/mol. The summed E-state index contributed by atoms with van der Waals surface area (Å²) in [7, 11) is 0. The minimum Gasteiger partial charge on any atom is -0.307 e. The van der Waals surface area contributed by atoms with Crippen molar-refractivity contribution in [3.63, 3.8) is 0 Å². The van der Waals surface area contributed by atoms with Gasteiger partial charge in [0, 0.05) is 12.1 Å². The van der Waals surface area contributed by atoms with Gasteiger partial charge in [0.05, 0.1) is 0 Å². The Labute approximate surface area is 102 Å². The highest BCUT2D eigenvalue weighted by Crippen LogP contribution is 2.33. The highest BCUT2D eigenvalue weighted by molar-refractivity contribution is 5.35. The van der Waals surface area contributed by atoms with Crippen molar-refractivity contribution in [3.8, 4) is 0 Å². The molecule has 17 heavy (non-hydrogen) atoms. The van der Waals surface area contributed by atoms with Crippen LogP contribution in [0.25, 0.3) is 0 Å². The molecule has 1 atom stereocenters. The largest absolute Gasteiger partial charge is 0.307 e. The number of halogens is 1. The van der Waals surface area contributed by atoms with Crippen LogP contribution >= 0.6 is 0 Å². The highest BCUT2D eigenvalue weighted by Gasteiger charge is 2.25. The number of aryl methyl sites for hydroxylation is 1. The standard InChI is InChI=1S/C15H20FN/c16-12-7-8-14-11(10-12)6-9-15(14)17-13-4-2-1-3-5-13/h7-8,10,13,15,17H,1-6,9H2. The molecule has 1 unspecified atom stereocenters. The van der Waals surface area contributed by atoms with E-state index in [0.717, 1.165) is 12.8 Å². The molecule has 0 aromatic heterocycles. The zero-order valence-corrected chi connectivity index (χ0v) is 10.2. The fourth-order valence-corrected chi connectivity index (χ4v) is 3.31. The number of hydrogen-bond donors (Lipinski definition) is 1. The predicted molar refractivity (Wildman–Crippen MR) is 67.5 cm³/mol. The average Bonchev–Trinajstić information content (AvgIpc) is 2.73. The first-order chi connectivity index (χ1) is 8.33. The molecule has 1 N–H and O–H groups in total. The molecular formula is C15H20FN. The van der Waals surface area contributed by atoms with Gasteiger partial charge in [0.2, 0.25) is 0 Å². The van der Waals surface area contributed by atoms with Crippen LogP contribution in [0.4, 0.5) is 4.39 Å². The molecule has 2 heteroatoms. The first-order valence-corrected chi connectivity index (χ1v) is 6.87. The van der Waals surface area contributed by atoms with Gasteiger partial charge in [-0.3, -0.25) is 0 Å². The Morgan fingerprint density at radius 3 is 2.71 bits per heavy atom. The monoisotopic (exact) mass is 233 g/mol. The molecule has 0 spiro atoms. The topological polar surface area (TPSA) is 12.0 Å². The van der Waals surface area contributed by atoms with Crippen LogP contribution in [-0.2, 0) is 6.42 Å². The Morgan fingerprint density at radius 2 is 1.88 bits per heavy atom. The van der Waals surface area contributed by atoms with Crippen molar-refractivity contribution in [3.05, 3.63) is 35.1 Å². The zero-order chi connectivity index (χ0) is 11.7. The lowest BCUT2D eigenvalue weighted by Crippen LogP contribution is -2.33. The average molecular weight is 233 g/mol. The van der Waals surface area contributed by atoms with Gasteiger partial charge in [-0.15, -0.1) is 0 Å². The molecule has 1 aromatic carbocycles. The van der Waals surface area contributed by atoms with E-state index in [0.29, 0.717) is 12.1 Å². The molecule has 0 radical (unpaired) electrons. The van der Waals surface area contributed by atoms with E-state index < -0.39 is 0 Å². The molecule has 2 aliphatic carbocycles. The fourth-order valence-electron chi connectivity index (χ4n) is 3.31. The molecule has 2 aliphatic rings. The lowest BCUT2D eigenvalue weighted by atomic mass is 9.94. The first-order valence-electron chi connectivity index (χ1n) is 6.87. The van der Waals surface area contributed by atoms with Crippen LogP contribution in [-0.4, -0.2) is 6.04 Å². The van der Waals surface area contributed by atoms with E-state index in [1.807, 2.05) is 6.07 Å². The quantitative estimate of drug-likeness (QED) is 0.820. The van der Waals surface area contributed by atoms with Crippen LogP contribution in [0.2, 0.25) is 0 Å². The van der Waals surface area contributed by atoms with Crippen LogP contribution in [0, 0.1) is 5.82 Å². The van der Waals surface area contributed by atoms with Gasteiger partial charge < -0.3 is 5.32 Å². The van der Waals surface area contributed by atoms with Crippen LogP contribution in [0.15, 0.2) is 18.2 Å². The summed E-state index contributed by atoms with van der Waals surface area (Å²) in [5.74, 6) is -0.0953. The van der Waals surface area contributed by atoms with Gasteiger partial charge in [-0.1, -0.05) is 25.3 Å². The van der Waals surface area contributed by atoms with Crippen LogP contribution < -0.4 is 5.32 Å². The lowest BCUT2D eigenvalue weighted by molar-refractivity contribution is 0.337. The van der Waals surface area contributed by atoms with Gasteiger partial charge in [0.1, 0.15) is 5.82 Å². The van der Waals surface area contributed by atoms with Crippen molar-refractivity contribution < 1.29 is 4.39 Å². The van der Waals surface area contributed by atoms with Gasteiger partial charge in [-0.05, 0) is 48.9 Å². The third-order valence-electron chi connectivity index (χ3n) is 4.22. The molecule has 1 aromatic rings. The van der Waals surface area contributed by atoms with Gasteiger partial charge in [0.15, 0.2) is 0 Å². The van der Waals surface area contributed by atoms with Crippen molar-refractivity contribution in [2.75, 3.05) is 0 Å². The summed E-state index contributed by atoms with van der Waals surface area (Å²) in [5, 5.41) is 3.77. The molecule has 0 aliphatic heterocycles. The Kier molecular flexibility index (Phi) is 3.15.